The Hall–Kier alpha value is -3.36. The molecule has 1 aliphatic heterocycles. The Bertz CT molecular complexity index is 1200. The van der Waals surface area contributed by atoms with Crippen LogP contribution in [0.3, 0.4) is 0 Å². The fourth-order valence-electron chi connectivity index (χ4n) is 2.98. The van der Waals surface area contributed by atoms with Crippen LogP contribution in [0.2, 0.25) is 5.02 Å². The summed E-state index contributed by atoms with van der Waals surface area (Å²) in [5.41, 5.74) is 0.909. The van der Waals surface area contributed by atoms with Gasteiger partial charge in [0.05, 0.1) is 21.9 Å². The number of nitrogens with zero attached hydrogens (tertiary/aromatic N) is 2. The maximum atomic E-state index is 12.7. The highest BCUT2D eigenvalue weighted by molar-refractivity contribution is 8.18. The highest BCUT2D eigenvalue weighted by Gasteiger charge is 2.35. The van der Waals surface area contributed by atoms with Gasteiger partial charge in [-0.2, -0.15) is 0 Å². The molecule has 0 bridgehead atoms. The molecule has 4 rings (SSSR count). The molecule has 0 saturated carbocycles. The SMILES string of the molecule is O=C1S/C(=C\c2ccc(-c3ccccc3[N+](=O)[O-])o2)C(=O)N1Cc1ccccc1Cl. The first-order valence-electron chi connectivity index (χ1n) is 8.76. The van der Waals surface area contributed by atoms with Crippen LogP contribution in [-0.2, 0) is 11.3 Å². The molecule has 0 N–H and O–H groups in total. The van der Waals surface area contributed by atoms with Gasteiger partial charge in [0, 0.05) is 17.2 Å². The molecule has 0 spiro atoms. The van der Waals surface area contributed by atoms with E-state index in [-0.39, 0.29) is 17.1 Å². The molecule has 2 heterocycles. The molecule has 150 valence electrons. The molecule has 0 atom stereocenters. The van der Waals surface area contributed by atoms with Crippen molar-refractivity contribution >= 4 is 46.3 Å². The van der Waals surface area contributed by atoms with Gasteiger partial charge in [0.2, 0.25) is 0 Å². The van der Waals surface area contributed by atoms with E-state index in [1.54, 1.807) is 54.6 Å². The summed E-state index contributed by atoms with van der Waals surface area (Å²) >= 11 is 6.93. The molecule has 1 fully saturated rings. The summed E-state index contributed by atoms with van der Waals surface area (Å²) in [6, 6.07) is 16.4. The molecule has 0 aliphatic carbocycles. The molecule has 3 aromatic rings. The second kappa shape index (κ2) is 8.17. The summed E-state index contributed by atoms with van der Waals surface area (Å²) in [5.74, 6) is 0.156. The monoisotopic (exact) mass is 440 g/mol. The Balaban J connectivity index is 1.58. The molecule has 0 radical (unpaired) electrons. The van der Waals surface area contributed by atoms with Crippen molar-refractivity contribution in [3.8, 4) is 11.3 Å². The number of halogens is 1. The van der Waals surface area contributed by atoms with Crippen molar-refractivity contribution in [3.63, 3.8) is 0 Å². The van der Waals surface area contributed by atoms with Gasteiger partial charge in [0.15, 0.2) is 0 Å². The average Bonchev–Trinajstić information content (AvgIpc) is 3.30. The van der Waals surface area contributed by atoms with E-state index in [1.807, 2.05) is 0 Å². The van der Waals surface area contributed by atoms with E-state index in [9.17, 15) is 19.7 Å². The normalized spacial score (nSPS) is 15.2. The molecule has 2 aromatic carbocycles. The van der Waals surface area contributed by atoms with Gasteiger partial charge >= 0.3 is 0 Å². The van der Waals surface area contributed by atoms with Gasteiger partial charge in [0.1, 0.15) is 11.5 Å². The van der Waals surface area contributed by atoms with E-state index < -0.39 is 16.1 Å². The smallest absolute Gasteiger partial charge is 0.293 e. The Kier molecular flexibility index (Phi) is 5.43. The third-order valence-corrected chi connectivity index (χ3v) is 5.70. The number of hydrogen-bond acceptors (Lipinski definition) is 6. The number of amides is 2. The number of thioether (sulfide) groups is 1. The number of hydrogen-bond donors (Lipinski definition) is 0. The molecular formula is C21H13ClN2O5S. The van der Waals surface area contributed by atoms with Crippen LogP contribution >= 0.6 is 23.4 Å². The summed E-state index contributed by atoms with van der Waals surface area (Å²) in [5, 5.41) is 11.3. The molecule has 1 saturated heterocycles. The van der Waals surface area contributed by atoms with E-state index in [0.29, 0.717) is 27.7 Å². The minimum atomic E-state index is -0.488. The molecule has 2 amide bonds. The summed E-state index contributed by atoms with van der Waals surface area (Å²) < 4.78 is 5.68. The van der Waals surface area contributed by atoms with Gasteiger partial charge < -0.3 is 4.42 Å². The Morgan fingerprint density at radius 3 is 2.57 bits per heavy atom. The Labute approximate surface area is 180 Å². The summed E-state index contributed by atoms with van der Waals surface area (Å²) in [4.78, 5) is 37.1. The number of nitro groups is 1. The first kappa shape index (κ1) is 19.9. The zero-order valence-electron chi connectivity index (χ0n) is 15.3. The van der Waals surface area contributed by atoms with Crippen molar-refractivity contribution in [2.45, 2.75) is 6.54 Å². The molecule has 1 aliphatic rings. The quantitative estimate of drug-likeness (QED) is 0.285. The lowest BCUT2D eigenvalue weighted by atomic mass is 10.1. The van der Waals surface area contributed by atoms with Crippen LogP contribution in [0, 0.1) is 10.1 Å². The van der Waals surface area contributed by atoms with E-state index in [0.717, 1.165) is 16.7 Å². The molecule has 1 aromatic heterocycles. The predicted octanol–water partition coefficient (Wildman–Crippen LogP) is 5.74. The molecular weight excluding hydrogens is 428 g/mol. The largest absolute Gasteiger partial charge is 0.456 e. The van der Waals surface area contributed by atoms with Crippen molar-refractivity contribution in [1.82, 2.24) is 4.90 Å². The number of carbonyl (C=O) groups is 2. The van der Waals surface area contributed by atoms with E-state index in [4.69, 9.17) is 16.0 Å². The predicted molar refractivity (Wildman–Crippen MR) is 114 cm³/mol. The summed E-state index contributed by atoms with van der Waals surface area (Å²) in [6.45, 7) is 0.0707. The van der Waals surface area contributed by atoms with Crippen LogP contribution < -0.4 is 0 Å². The number of rotatable bonds is 5. The van der Waals surface area contributed by atoms with Gasteiger partial charge in [-0.05, 0) is 41.6 Å². The number of carbonyl (C=O) groups excluding carboxylic acids is 2. The lowest BCUT2D eigenvalue weighted by Crippen LogP contribution is -2.27. The lowest BCUT2D eigenvalue weighted by molar-refractivity contribution is -0.384. The maximum Gasteiger partial charge on any atom is 0.293 e. The van der Waals surface area contributed by atoms with E-state index >= 15 is 0 Å². The fourth-order valence-corrected chi connectivity index (χ4v) is 3.99. The van der Waals surface area contributed by atoms with Gasteiger partial charge in [0.25, 0.3) is 16.8 Å². The van der Waals surface area contributed by atoms with Crippen LogP contribution in [0.25, 0.3) is 17.4 Å². The second-order valence-electron chi connectivity index (χ2n) is 6.34. The number of imide groups is 1. The standard InChI is InChI=1S/C21H13ClN2O5S/c22-16-7-3-1-5-13(16)12-23-20(25)19(30-21(23)26)11-14-9-10-18(29-14)15-6-2-4-8-17(15)24(27)28/h1-11H,12H2/b19-11-. The maximum absolute atomic E-state index is 12.7. The minimum absolute atomic E-state index is 0.0707. The van der Waals surface area contributed by atoms with Crippen LogP contribution in [0.4, 0.5) is 10.5 Å². The number of para-hydroxylation sites is 1. The van der Waals surface area contributed by atoms with Crippen LogP contribution in [0.5, 0.6) is 0 Å². The minimum Gasteiger partial charge on any atom is -0.456 e. The summed E-state index contributed by atoms with van der Waals surface area (Å²) in [6.07, 6.45) is 1.45. The second-order valence-corrected chi connectivity index (χ2v) is 7.74. The first-order valence-corrected chi connectivity index (χ1v) is 9.96. The van der Waals surface area contributed by atoms with E-state index in [1.165, 1.54) is 12.1 Å². The van der Waals surface area contributed by atoms with E-state index in [2.05, 4.69) is 0 Å². The van der Waals surface area contributed by atoms with Crippen molar-refractivity contribution in [2.24, 2.45) is 0 Å². The molecule has 0 unspecified atom stereocenters. The van der Waals surface area contributed by atoms with Gasteiger partial charge in [-0.25, -0.2) is 0 Å². The van der Waals surface area contributed by atoms with Crippen molar-refractivity contribution in [3.05, 3.63) is 92.0 Å². The first-order chi connectivity index (χ1) is 14.4. The zero-order chi connectivity index (χ0) is 21.3. The Morgan fingerprint density at radius 1 is 1.07 bits per heavy atom. The van der Waals surface area contributed by atoms with Crippen LogP contribution in [0.1, 0.15) is 11.3 Å². The number of furan rings is 1. The van der Waals surface area contributed by atoms with Gasteiger partial charge in [-0.15, -0.1) is 0 Å². The van der Waals surface area contributed by atoms with Crippen LogP contribution in [-0.4, -0.2) is 21.0 Å². The van der Waals surface area contributed by atoms with Crippen molar-refractivity contribution < 1.29 is 18.9 Å². The average molecular weight is 441 g/mol. The Morgan fingerprint density at radius 2 is 1.80 bits per heavy atom. The van der Waals surface area contributed by atoms with Gasteiger partial charge in [-0.3, -0.25) is 24.6 Å². The highest BCUT2D eigenvalue weighted by atomic mass is 35.5. The lowest BCUT2D eigenvalue weighted by Gasteiger charge is -2.13. The highest BCUT2D eigenvalue weighted by Crippen LogP contribution is 2.36. The van der Waals surface area contributed by atoms with Crippen molar-refractivity contribution in [1.29, 1.82) is 0 Å². The fraction of sp³-hybridized carbons (Fsp3) is 0.0476. The third kappa shape index (κ3) is 3.87. The van der Waals surface area contributed by atoms with Crippen molar-refractivity contribution in [2.75, 3.05) is 0 Å². The van der Waals surface area contributed by atoms with Gasteiger partial charge in [-0.1, -0.05) is 41.9 Å². The number of nitro benzene ring substituents is 1. The zero-order valence-corrected chi connectivity index (χ0v) is 16.9. The number of benzene rings is 2. The van der Waals surface area contributed by atoms with Crippen LogP contribution in [0.15, 0.2) is 70.0 Å². The molecule has 9 heteroatoms. The molecule has 30 heavy (non-hydrogen) atoms. The summed E-state index contributed by atoms with van der Waals surface area (Å²) in [7, 11) is 0. The third-order valence-electron chi connectivity index (χ3n) is 4.43. The topological polar surface area (TPSA) is 93.7 Å². The molecule has 7 nitrogen and oxygen atoms in total.